The van der Waals surface area contributed by atoms with Crippen LogP contribution in [0, 0.1) is 0 Å². The van der Waals surface area contributed by atoms with Crippen molar-refractivity contribution in [2.75, 3.05) is 7.11 Å². The quantitative estimate of drug-likeness (QED) is 0.193. The van der Waals surface area contributed by atoms with Gasteiger partial charge in [0.1, 0.15) is 0 Å². The van der Waals surface area contributed by atoms with Gasteiger partial charge in [0.05, 0.1) is 7.11 Å². The van der Waals surface area contributed by atoms with E-state index < -0.39 is 0 Å². The average molecular weight is 308 g/mol. The van der Waals surface area contributed by atoms with Gasteiger partial charge in [0, 0.05) is 12.8 Å². The van der Waals surface area contributed by atoms with Gasteiger partial charge in [0.15, 0.2) is 5.78 Å². The minimum absolute atomic E-state index is 0.112. The first-order valence-electron chi connectivity index (χ1n) is 8.63. The molecule has 0 aliphatic rings. The zero-order valence-electron chi connectivity index (χ0n) is 14.3. The molecule has 0 rings (SSSR count). The molecule has 0 aliphatic carbocycles. The standard InChI is InChI=1S/C19H32O3/c1-3-4-12-15-18(20)16-13-10-8-6-5-7-9-11-14-17-19(21)22-2/h8,10,13,16H,3-7,9,11-12,14-15,17H2,1-2H3/b10-8-,16-13+. The van der Waals surface area contributed by atoms with Gasteiger partial charge < -0.3 is 4.74 Å². The molecule has 0 saturated carbocycles. The number of unbranched alkanes of at least 4 members (excludes halogenated alkanes) is 7. The van der Waals surface area contributed by atoms with Crippen LogP contribution >= 0.6 is 0 Å². The Balaban J connectivity index is 3.40. The van der Waals surface area contributed by atoms with Crippen molar-refractivity contribution in [3.63, 3.8) is 0 Å². The first kappa shape index (κ1) is 20.6. The monoisotopic (exact) mass is 308 g/mol. The van der Waals surface area contributed by atoms with Gasteiger partial charge in [-0.3, -0.25) is 9.59 Å². The van der Waals surface area contributed by atoms with Crippen LogP contribution in [0.15, 0.2) is 24.3 Å². The Labute approximate surface area is 135 Å². The molecule has 0 aromatic heterocycles. The van der Waals surface area contributed by atoms with Crippen LogP contribution in [0.25, 0.3) is 0 Å². The van der Waals surface area contributed by atoms with E-state index in [0.29, 0.717) is 12.8 Å². The fourth-order valence-corrected chi connectivity index (χ4v) is 2.13. The van der Waals surface area contributed by atoms with E-state index in [1.54, 1.807) is 6.08 Å². The Kier molecular flexibility index (Phi) is 15.0. The molecule has 0 atom stereocenters. The van der Waals surface area contributed by atoms with Crippen LogP contribution in [0.2, 0.25) is 0 Å². The number of esters is 1. The van der Waals surface area contributed by atoms with E-state index in [4.69, 9.17) is 0 Å². The molecule has 3 heteroatoms. The van der Waals surface area contributed by atoms with Crippen molar-refractivity contribution in [3.05, 3.63) is 24.3 Å². The highest BCUT2D eigenvalue weighted by molar-refractivity contribution is 5.89. The molecule has 0 aromatic rings. The third kappa shape index (κ3) is 15.0. The van der Waals surface area contributed by atoms with E-state index in [0.717, 1.165) is 51.4 Å². The normalized spacial score (nSPS) is 11.4. The van der Waals surface area contributed by atoms with E-state index in [2.05, 4.69) is 17.7 Å². The second-order valence-corrected chi connectivity index (χ2v) is 5.59. The molecular formula is C19H32O3. The van der Waals surface area contributed by atoms with Crippen molar-refractivity contribution in [3.8, 4) is 0 Å². The smallest absolute Gasteiger partial charge is 0.305 e. The summed E-state index contributed by atoms with van der Waals surface area (Å²) >= 11 is 0. The number of ether oxygens (including phenoxy) is 1. The zero-order valence-corrected chi connectivity index (χ0v) is 14.3. The molecule has 0 radical (unpaired) electrons. The van der Waals surface area contributed by atoms with Gasteiger partial charge in [-0.1, -0.05) is 57.3 Å². The molecular weight excluding hydrogens is 276 g/mol. The fraction of sp³-hybridized carbons (Fsp3) is 0.684. The van der Waals surface area contributed by atoms with Crippen molar-refractivity contribution >= 4 is 11.8 Å². The lowest BCUT2D eigenvalue weighted by Gasteiger charge is -1.99. The second kappa shape index (κ2) is 16.0. The number of ketones is 1. The highest BCUT2D eigenvalue weighted by atomic mass is 16.5. The van der Waals surface area contributed by atoms with Crippen LogP contribution in [0.4, 0.5) is 0 Å². The number of allylic oxidation sites excluding steroid dienone is 4. The maximum Gasteiger partial charge on any atom is 0.305 e. The number of methoxy groups -OCH3 is 1. The van der Waals surface area contributed by atoms with Crippen LogP contribution in [-0.2, 0) is 14.3 Å². The predicted octanol–water partition coefficient (Wildman–Crippen LogP) is 5.15. The molecule has 0 spiro atoms. The number of rotatable bonds is 14. The summed E-state index contributed by atoms with van der Waals surface area (Å²) in [5, 5.41) is 0. The Morgan fingerprint density at radius 1 is 0.864 bits per heavy atom. The van der Waals surface area contributed by atoms with Gasteiger partial charge >= 0.3 is 5.97 Å². The Bertz CT molecular complexity index is 343. The van der Waals surface area contributed by atoms with E-state index in [-0.39, 0.29) is 11.8 Å². The summed E-state index contributed by atoms with van der Waals surface area (Å²) < 4.78 is 4.60. The van der Waals surface area contributed by atoms with Crippen molar-refractivity contribution in [2.24, 2.45) is 0 Å². The predicted molar refractivity (Wildman–Crippen MR) is 91.8 cm³/mol. The number of hydrogen-bond donors (Lipinski definition) is 0. The summed E-state index contributed by atoms with van der Waals surface area (Å²) in [6, 6.07) is 0. The molecule has 0 N–H and O–H groups in total. The number of carbonyl (C=O) groups excluding carboxylic acids is 2. The van der Waals surface area contributed by atoms with E-state index in [1.165, 1.54) is 13.5 Å². The van der Waals surface area contributed by atoms with Crippen LogP contribution in [0.3, 0.4) is 0 Å². The first-order valence-corrected chi connectivity index (χ1v) is 8.63. The summed E-state index contributed by atoms with van der Waals surface area (Å²) in [5.74, 6) is 0.114. The average Bonchev–Trinajstić information content (AvgIpc) is 2.52. The highest BCUT2D eigenvalue weighted by Crippen LogP contribution is 2.08. The van der Waals surface area contributed by atoms with Gasteiger partial charge in [0.25, 0.3) is 0 Å². The van der Waals surface area contributed by atoms with E-state index in [9.17, 15) is 9.59 Å². The van der Waals surface area contributed by atoms with Crippen molar-refractivity contribution in [1.29, 1.82) is 0 Å². The minimum atomic E-state index is -0.112. The third-order valence-corrected chi connectivity index (χ3v) is 3.54. The molecule has 126 valence electrons. The minimum Gasteiger partial charge on any atom is -0.469 e. The number of hydrogen-bond acceptors (Lipinski definition) is 3. The van der Waals surface area contributed by atoms with Crippen molar-refractivity contribution < 1.29 is 14.3 Å². The summed E-state index contributed by atoms with van der Waals surface area (Å²) in [6.45, 7) is 2.14. The summed E-state index contributed by atoms with van der Waals surface area (Å²) in [6.07, 6.45) is 18.7. The Hall–Kier alpha value is -1.38. The molecule has 0 heterocycles. The van der Waals surface area contributed by atoms with Crippen molar-refractivity contribution in [1.82, 2.24) is 0 Å². The summed E-state index contributed by atoms with van der Waals surface area (Å²) in [5.41, 5.74) is 0. The highest BCUT2D eigenvalue weighted by Gasteiger charge is 1.98. The first-order chi connectivity index (χ1) is 10.7. The molecule has 0 bridgehead atoms. The SMILES string of the molecule is CCCCCC(=O)/C=C/C=C\CCCCCCCC(=O)OC. The van der Waals surface area contributed by atoms with Gasteiger partial charge in [-0.15, -0.1) is 0 Å². The van der Waals surface area contributed by atoms with Gasteiger partial charge in [-0.25, -0.2) is 0 Å². The lowest BCUT2D eigenvalue weighted by molar-refractivity contribution is -0.140. The molecule has 22 heavy (non-hydrogen) atoms. The summed E-state index contributed by atoms with van der Waals surface area (Å²) in [4.78, 5) is 22.4. The Morgan fingerprint density at radius 2 is 1.55 bits per heavy atom. The molecule has 0 saturated heterocycles. The molecule has 0 aliphatic heterocycles. The Morgan fingerprint density at radius 3 is 2.27 bits per heavy atom. The molecule has 0 amide bonds. The van der Waals surface area contributed by atoms with Crippen LogP contribution in [-0.4, -0.2) is 18.9 Å². The lowest BCUT2D eigenvalue weighted by Crippen LogP contribution is -1.98. The lowest BCUT2D eigenvalue weighted by atomic mass is 10.1. The molecule has 0 fully saturated rings. The van der Waals surface area contributed by atoms with Crippen molar-refractivity contribution in [2.45, 2.75) is 77.6 Å². The zero-order chi connectivity index (χ0) is 16.5. The van der Waals surface area contributed by atoms with Gasteiger partial charge in [0.2, 0.25) is 0 Å². The molecule has 0 unspecified atom stereocenters. The fourth-order valence-electron chi connectivity index (χ4n) is 2.13. The third-order valence-electron chi connectivity index (χ3n) is 3.54. The van der Waals surface area contributed by atoms with Crippen LogP contribution in [0.5, 0.6) is 0 Å². The van der Waals surface area contributed by atoms with Crippen LogP contribution < -0.4 is 0 Å². The van der Waals surface area contributed by atoms with Crippen LogP contribution in [0.1, 0.15) is 77.6 Å². The van der Waals surface area contributed by atoms with E-state index in [1.807, 2.05) is 12.2 Å². The largest absolute Gasteiger partial charge is 0.469 e. The number of carbonyl (C=O) groups is 2. The van der Waals surface area contributed by atoms with Gasteiger partial charge in [-0.05, 0) is 31.8 Å². The maximum absolute atomic E-state index is 11.5. The molecule has 0 aromatic carbocycles. The topological polar surface area (TPSA) is 43.4 Å². The van der Waals surface area contributed by atoms with Gasteiger partial charge in [-0.2, -0.15) is 0 Å². The second-order valence-electron chi connectivity index (χ2n) is 5.59. The molecule has 3 nitrogen and oxygen atoms in total. The maximum atomic E-state index is 11.5. The van der Waals surface area contributed by atoms with E-state index >= 15 is 0 Å². The summed E-state index contributed by atoms with van der Waals surface area (Å²) in [7, 11) is 1.43.